The maximum Gasteiger partial charge on any atom is 0.328 e. The van der Waals surface area contributed by atoms with Crippen LogP contribution in [0.1, 0.15) is 12.5 Å². The van der Waals surface area contributed by atoms with Gasteiger partial charge in [-0.3, -0.25) is 4.79 Å². The van der Waals surface area contributed by atoms with Gasteiger partial charge in [0.25, 0.3) is 0 Å². The number of carboxylic acid groups (broad SMARTS) is 1. The zero-order chi connectivity index (χ0) is 14.5. The number of carbonyl (C=O) groups excluding carboxylic acids is 1. The molecule has 0 radical (unpaired) electrons. The number of carbonyl (C=O) groups is 2. The number of hydrogen-bond acceptors (Lipinski definition) is 3. The van der Waals surface area contributed by atoms with Crippen LogP contribution >= 0.6 is 0 Å². The van der Waals surface area contributed by atoms with Gasteiger partial charge < -0.3 is 14.7 Å². The molecule has 1 N–H and O–H groups in total. The first kappa shape index (κ1) is 14.5. The van der Waals surface area contributed by atoms with E-state index in [0.717, 1.165) is 5.56 Å². The molecule has 5 heteroatoms. The van der Waals surface area contributed by atoms with Crippen molar-refractivity contribution in [3.05, 3.63) is 35.9 Å². The minimum atomic E-state index is -1.01. The Morgan fingerprint density at radius 1 is 1.40 bits per heavy atom. The van der Waals surface area contributed by atoms with Gasteiger partial charge in [0.15, 0.2) is 6.04 Å². The van der Waals surface area contributed by atoms with Gasteiger partial charge in [-0.1, -0.05) is 37.3 Å². The fraction of sp³-hybridized carbons (Fsp3) is 0.467. The van der Waals surface area contributed by atoms with Crippen molar-refractivity contribution >= 4 is 11.9 Å². The summed E-state index contributed by atoms with van der Waals surface area (Å²) in [6.07, 6.45) is 0.614. The second kappa shape index (κ2) is 6.52. The van der Waals surface area contributed by atoms with E-state index in [2.05, 4.69) is 0 Å². The van der Waals surface area contributed by atoms with Crippen molar-refractivity contribution in [2.75, 3.05) is 19.8 Å². The Bertz CT molecular complexity index is 474. The van der Waals surface area contributed by atoms with Crippen molar-refractivity contribution < 1.29 is 19.4 Å². The highest BCUT2D eigenvalue weighted by atomic mass is 16.5. The van der Waals surface area contributed by atoms with Crippen LogP contribution in [0.15, 0.2) is 30.3 Å². The molecule has 1 heterocycles. The maximum absolute atomic E-state index is 12.4. The molecule has 20 heavy (non-hydrogen) atoms. The van der Waals surface area contributed by atoms with Crippen molar-refractivity contribution in [1.82, 2.24) is 4.90 Å². The van der Waals surface area contributed by atoms with E-state index in [0.29, 0.717) is 19.6 Å². The summed E-state index contributed by atoms with van der Waals surface area (Å²) in [5, 5.41) is 9.16. The number of benzene rings is 1. The molecule has 1 saturated heterocycles. The van der Waals surface area contributed by atoms with Gasteiger partial charge in [-0.2, -0.15) is 0 Å². The maximum atomic E-state index is 12.4. The minimum Gasteiger partial charge on any atom is -0.480 e. The van der Waals surface area contributed by atoms with E-state index in [1.54, 1.807) is 0 Å². The summed E-state index contributed by atoms with van der Waals surface area (Å²) >= 11 is 0. The van der Waals surface area contributed by atoms with Gasteiger partial charge in [0, 0.05) is 12.5 Å². The zero-order valence-corrected chi connectivity index (χ0v) is 11.5. The Morgan fingerprint density at radius 2 is 2.10 bits per heavy atom. The van der Waals surface area contributed by atoms with Crippen molar-refractivity contribution in [2.24, 2.45) is 5.92 Å². The third kappa shape index (κ3) is 3.36. The lowest BCUT2D eigenvalue weighted by molar-refractivity contribution is -0.160. The van der Waals surface area contributed by atoms with Crippen LogP contribution in [0.3, 0.4) is 0 Å². The van der Waals surface area contributed by atoms with Gasteiger partial charge in [-0.05, 0) is 12.0 Å². The number of hydrogen-bond donors (Lipinski definition) is 1. The second-order valence-electron chi connectivity index (χ2n) is 5.05. The van der Waals surface area contributed by atoms with Gasteiger partial charge in [-0.15, -0.1) is 0 Å². The first-order valence-electron chi connectivity index (χ1n) is 6.74. The Balaban J connectivity index is 2.03. The molecule has 1 aromatic carbocycles. The van der Waals surface area contributed by atoms with Crippen LogP contribution in [-0.2, 0) is 20.7 Å². The topological polar surface area (TPSA) is 66.8 Å². The Hall–Kier alpha value is -1.88. The fourth-order valence-corrected chi connectivity index (χ4v) is 2.41. The number of nitrogens with zero attached hydrogens (tertiary/aromatic N) is 1. The molecule has 1 aromatic rings. The normalized spacial score (nSPS) is 20.4. The van der Waals surface area contributed by atoms with Crippen molar-refractivity contribution in [1.29, 1.82) is 0 Å². The average molecular weight is 277 g/mol. The van der Waals surface area contributed by atoms with Gasteiger partial charge in [0.1, 0.15) is 0 Å². The lowest BCUT2D eigenvalue weighted by Gasteiger charge is -2.34. The van der Waals surface area contributed by atoms with E-state index in [-0.39, 0.29) is 18.4 Å². The third-order valence-electron chi connectivity index (χ3n) is 3.50. The molecule has 1 amide bonds. The summed E-state index contributed by atoms with van der Waals surface area (Å²) in [6.45, 7) is 2.64. The SMILES string of the molecule is C[C@@H](Cc1ccccc1)C(=O)N1CCOC[C@@H]1C(=O)O. The van der Waals surface area contributed by atoms with Crippen LogP contribution in [0.25, 0.3) is 0 Å². The van der Waals surface area contributed by atoms with Crippen molar-refractivity contribution in [3.8, 4) is 0 Å². The van der Waals surface area contributed by atoms with Gasteiger partial charge >= 0.3 is 5.97 Å². The number of morpholine rings is 1. The summed E-state index contributed by atoms with van der Waals surface area (Å²) in [5.74, 6) is -1.37. The van der Waals surface area contributed by atoms with E-state index >= 15 is 0 Å². The summed E-state index contributed by atoms with van der Waals surface area (Å²) in [7, 11) is 0. The summed E-state index contributed by atoms with van der Waals surface area (Å²) in [5.41, 5.74) is 1.08. The van der Waals surface area contributed by atoms with Crippen LogP contribution in [0, 0.1) is 5.92 Å². The van der Waals surface area contributed by atoms with E-state index < -0.39 is 12.0 Å². The molecule has 0 saturated carbocycles. The highest BCUT2D eigenvalue weighted by molar-refractivity contribution is 5.85. The van der Waals surface area contributed by atoms with Crippen LogP contribution < -0.4 is 0 Å². The molecular formula is C15H19NO4. The molecule has 0 unspecified atom stereocenters. The van der Waals surface area contributed by atoms with Crippen LogP contribution in [0.4, 0.5) is 0 Å². The molecule has 1 aliphatic rings. The van der Waals surface area contributed by atoms with Gasteiger partial charge in [0.2, 0.25) is 5.91 Å². The molecule has 2 rings (SSSR count). The number of amides is 1. The molecule has 0 aliphatic carbocycles. The molecule has 1 fully saturated rings. The third-order valence-corrected chi connectivity index (χ3v) is 3.50. The van der Waals surface area contributed by atoms with Gasteiger partial charge in [-0.25, -0.2) is 4.79 Å². The molecular weight excluding hydrogens is 258 g/mol. The molecule has 0 spiro atoms. The quantitative estimate of drug-likeness (QED) is 0.897. The monoisotopic (exact) mass is 277 g/mol. The number of aliphatic carboxylic acids is 1. The minimum absolute atomic E-state index is 0.0686. The van der Waals surface area contributed by atoms with Gasteiger partial charge in [0.05, 0.1) is 13.2 Å². The molecule has 5 nitrogen and oxygen atoms in total. The van der Waals surface area contributed by atoms with Crippen LogP contribution in [0.2, 0.25) is 0 Å². The lowest BCUT2D eigenvalue weighted by atomic mass is 9.99. The highest BCUT2D eigenvalue weighted by Crippen LogP contribution is 2.16. The first-order chi connectivity index (χ1) is 9.59. The molecule has 0 bridgehead atoms. The largest absolute Gasteiger partial charge is 0.480 e. The number of ether oxygens (including phenoxy) is 1. The van der Waals surface area contributed by atoms with E-state index in [1.807, 2.05) is 37.3 Å². The fourth-order valence-electron chi connectivity index (χ4n) is 2.41. The zero-order valence-electron chi connectivity index (χ0n) is 11.5. The Morgan fingerprint density at radius 3 is 2.75 bits per heavy atom. The molecule has 0 aromatic heterocycles. The smallest absolute Gasteiger partial charge is 0.328 e. The summed E-state index contributed by atoms with van der Waals surface area (Å²) in [4.78, 5) is 25.0. The van der Waals surface area contributed by atoms with Crippen LogP contribution in [-0.4, -0.2) is 47.7 Å². The Labute approximate surface area is 118 Å². The first-order valence-corrected chi connectivity index (χ1v) is 6.74. The lowest BCUT2D eigenvalue weighted by Crippen LogP contribution is -2.54. The Kier molecular flexibility index (Phi) is 4.74. The number of carboxylic acids is 1. The summed E-state index contributed by atoms with van der Waals surface area (Å²) in [6, 6.07) is 8.87. The molecule has 108 valence electrons. The highest BCUT2D eigenvalue weighted by Gasteiger charge is 2.34. The van der Waals surface area contributed by atoms with E-state index in [9.17, 15) is 9.59 Å². The van der Waals surface area contributed by atoms with E-state index in [4.69, 9.17) is 9.84 Å². The van der Waals surface area contributed by atoms with Crippen LogP contribution in [0.5, 0.6) is 0 Å². The molecule has 2 atom stereocenters. The molecule has 1 aliphatic heterocycles. The van der Waals surface area contributed by atoms with E-state index in [1.165, 1.54) is 4.90 Å². The van der Waals surface area contributed by atoms with Crippen molar-refractivity contribution in [2.45, 2.75) is 19.4 Å². The predicted octanol–water partition coefficient (Wildman–Crippen LogP) is 1.18. The summed E-state index contributed by atoms with van der Waals surface area (Å²) < 4.78 is 5.15. The van der Waals surface area contributed by atoms with Crippen molar-refractivity contribution in [3.63, 3.8) is 0 Å². The second-order valence-corrected chi connectivity index (χ2v) is 5.05. The predicted molar refractivity (Wildman–Crippen MR) is 73.3 cm³/mol. The average Bonchev–Trinajstić information content (AvgIpc) is 2.47. The number of rotatable bonds is 4. The standard InChI is InChI=1S/C15H19NO4/c1-11(9-12-5-3-2-4-6-12)14(17)16-7-8-20-10-13(16)15(18)19/h2-6,11,13H,7-10H2,1H3,(H,18,19)/t11-,13+/m0/s1.